The van der Waals surface area contributed by atoms with E-state index in [1.807, 2.05) is 0 Å². The zero-order chi connectivity index (χ0) is 24.2. The Morgan fingerprint density at radius 3 is 2.12 bits per heavy atom. The highest BCUT2D eigenvalue weighted by atomic mass is 79.9. The van der Waals surface area contributed by atoms with E-state index >= 15 is 0 Å². The molecule has 186 valence electrons. The van der Waals surface area contributed by atoms with Crippen LogP contribution >= 0.6 is 0 Å². The molecule has 0 aromatic heterocycles. The number of benzene rings is 2. The van der Waals surface area contributed by atoms with E-state index in [1.165, 1.54) is 46.3 Å². The minimum absolute atomic E-state index is 0. The monoisotopic (exact) mass is 533 g/mol. The summed E-state index contributed by atoms with van der Waals surface area (Å²) in [6.45, 7) is 3.89. The number of ether oxygens (including phenoxy) is 2. The highest BCUT2D eigenvalue weighted by Gasteiger charge is 2.36. The molecular formula is C27H36BrNO5. The number of aromatic hydroxyl groups is 1. The maximum absolute atomic E-state index is 13.4. The number of hydrogen-bond acceptors (Lipinski definition) is 5. The number of halogens is 1. The standard InChI is InChI=1S/C27H35NO5.BrH/c1-6-7-8-9-10-11-12-28(2,3)17-18-13-20-24(22(29)14-18)27(31)25-21(26(20)30)15-19(32-4)16-23(25)33-5;/h13-16H,6-12,17H2,1-5H3;1H. The topological polar surface area (TPSA) is 72.8 Å². The Morgan fingerprint density at radius 2 is 1.47 bits per heavy atom. The zero-order valence-corrected chi connectivity index (χ0v) is 22.5. The molecule has 0 bridgehead atoms. The largest absolute Gasteiger partial charge is 1.00 e. The summed E-state index contributed by atoms with van der Waals surface area (Å²) < 4.78 is 11.4. The van der Waals surface area contributed by atoms with Crippen LogP contribution in [0.2, 0.25) is 0 Å². The number of fused-ring (bicyclic) bond motifs is 2. The molecule has 1 aliphatic carbocycles. The molecule has 1 N–H and O–H groups in total. The van der Waals surface area contributed by atoms with E-state index in [0.29, 0.717) is 12.3 Å². The summed E-state index contributed by atoms with van der Waals surface area (Å²) in [6, 6.07) is 6.50. The fourth-order valence-electron chi connectivity index (χ4n) is 4.64. The molecule has 0 radical (unpaired) electrons. The fourth-order valence-corrected chi connectivity index (χ4v) is 4.64. The van der Waals surface area contributed by atoms with Crippen molar-refractivity contribution >= 4 is 11.6 Å². The summed E-state index contributed by atoms with van der Waals surface area (Å²) in [5.74, 6) is -0.191. The second-order valence-corrected chi connectivity index (χ2v) is 9.53. The van der Waals surface area contributed by atoms with Gasteiger partial charge in [-0.15, -0.1) is 0 Å². The predicted octanol–water partition coefficient (Wildman–Crippen LogP) is 2.13. The summed E-state index contributed by atoms with van der Waals surface area (Å²) in [5.41, 5.74) is 1.51. The van der Waals surface area contributed by atoms with Crippen molar-refractivity contribution in [2.24, 2.45) is 0 Å². The van der Waals surface area contributed by atoms with Crippen molar-refractivity contribution in [3.8, 4) is 17.2 Å². The lowest BCUT2D eigenvalue weighted by Gasteiger charge is -2.30. The molecule has 0 saturated heterocycles. The number of nitrogens with zero attached hydrogens (tertiary/aromatic N) is 1. The molecule has 0 fully saturated rings. The van der Waals surface area contributed by atoms with Crippen LogP contribution < -0.4 is 26.5 Å². The number of phenols is 1. The molecular weight excluding hydrogens is 498 g/mol. The maximum atomic E-state index is 13.4. The van der Waals surface area contributed by atoms with E-state index < -0.39 is 5.78 Å². The van der Waals surface area contributed by atoms with Gasteiger partial charge in [0.2, 0.25) is 5.78 Å². The van der Waals surface area contributed by atoms with Crippen LogP contribution in [0.4, 0.5) is 0 Å². The number of phenolic OH excluding ortho intramolecular Hbond substituents is 1. The first-order chi connectivity index (χ1) is 15.7. The highest BCUT2D eigenvalue weighted by Crippen LogP contribution is 2.40. The van der Waals surface area contributed by atoms with Gasteiger partial charge in [-0.2, -0.15) is 0 Å². The number of quaternary nitrogens is 1. The number of rotatable bonds is 11. The molecule has 34 heavy (non-hydrogen) atoms. The van der Waals surface area contributed by atoms with Gasteiger partial charge in [-0.1, -0.05) is 32.6 Å². The lowest BCUT2D eigenvalue weighted by atomic mass is 9.82. The molecule has 0 atom stereocenters. The Balaban J connectivity index is 0.00000408. The number of methoxy groups -OCH3 is 2. The highest BCUT2D eigenvalue weighted by molar-refractivity contribution is 6.30. The third-order valence-corrected chi connectivity index (χ3v) is 6.38. The van der Waals surface area contributed by atoms with E-state index in [2.05, 4.69) is 21.0 Å². The van der Waals surface area contributed by atoms with Gasteiger partial charge in [0.1, 0.15) is 23.8 Å². The van der Waals surface area contributed by atoms with E-state index in [-0.39, 0.29) is 56.5 Å². The summed E-state index contributed by atoms with van der Waals surface area (Å²) >= 11 is 0. The Morgan fingerprint density at radius 1 is 0.824 bits per heavy atom. The predicted molar refractivity (Wildman–Crippen MR) is 129 cm³/mol. The SMILES string of the molecule is CCCCCCCC[N+](C)(C)Cc1cc(O)c2c(c1)C(=O)c1cc(OC)cc(OC)c1C2=O.[Br-]. The van der Waals surface area contributed by atoms with Gasteiger partial charge in [0.05, 0.1) is 46.0 Å². The van der Waals surface area contributed by atoms with Crippen LogP contribution in [0.25, 0.3) is 0 Å². The van der Waals surface area contributed by atoms with Crippen LogP contribution in [0.15, 0.2) is 24.3 Å². The fraction of sp³-hybridized carbons (Fsp3) is 0.481. The first-order valence-electron chi connectivity index (χ1n) is 11.8. The van der Waals surface area contributed by atoms with E-state index in [0.717, 1.165) is 23.0 Å². The molecule has 6 nitrogen and oxygen atoms in total. The summed E-state index contributed by atoms with van der Waals surface area (Å²) in [6.07, 6.45) is 7.43. The zero-order valence-electron chi connectivity index (χ0n) is 20.9. The van der Waals surface area contributed by atoms with Crippen molar-refractivity contribution in [1.82, 2.24) is 0 Å². The molecule has 0 spiro atoms. The van der Waals surface area contributed by atoms with Crippen LogP contribution in [0.3, 0.4) is 0 Å². The summed E-state index contributed by atoms with van der Waals surface area (Å²) in [7, 11) is 7.24. The molecule has 7 heteroatoms. The second kappa shape index (κ2) is 11.8. The van der Waals surface area contributed by atoms with Gasteiger partial charge in [0, 0.05) is 22.8 Å². The quantitative estimate of drug-likeness (QED) is 0.302. The maximum Gasteiger partial charge on any atom is 0.201 e. The molecule has 0 heterocycles. The molecule has 3 rings (SSSR count). The lowest BCUT2D eigenvalue weighted by Crippen LogP contribution is -3.00. The average Bonchev–Trinajstić information content (AvgIpc) is 2.78. The van der Waals surface area contributed by atoms with Crippen LogP contribution in [-0.4, -0.2) is 56.0 Å². The molecule has 2 aromatic carbocycles. The number of unbranched alkanes of at least 4 members (excludes halogenated alkanes) is 5. The van der Waals surface area contributed by atoms with Crippen molar-refractivity contribution in [3.63, 3.8) is 0 Å². The van der Waals surface area contributed by atoms with Gasteiger partial charge in [0.25, 0.3) is 0 Å². The van der Waals surface area contributed by atoms with E-state index in [9.17, 15) is 14.7 Å². The number of hydrogen-bond donors (Lipinski definition) is 1. The van der Waals surface area contributed by atoms with Gasteiger partial charge < -0.3 is 36.0 Å². The van der Waals surface area contributed by atoms with Gasteiger partial charge in [-0.05, 0) is 31.0 Å². The molecule has 0 unspecified atom stereocenters. The first-order valence-corrected chi connectivity index (χ1v) is 11.8. The lowest BCUT2D eigenvalue weighted by molar-refractivity contribution is -0.903. The molecule has 0 amide bonds. The molecule has 1 aliphatic rings. The number of ketones is 2. The van der Waals surface area contributed by atoms with Gasteiger partial charge >= 0.3 is 0 Å². The van der Waals surface area contributed by atoms with Gasteiger partial charge in [0.15, 0.2) is 5.78 Å². The minimum Gasteiger partial charge on any atom is -1.00 e. The van der Waals surface area contributed by atoms with Crippen molar-refractivity contribution in [2.45, 2.75) is 52.0 Å². The number of carbonyl (C=O) groups excluding carboxylic acids is 2. The Bertz CT molecular complexity index is 1050. The normalized spacial score (nSPS) is 12.6. The third kappa shape index (κ3) is 5.99. The van der Waals surface area contributed by atoms with E-state index in [4.69, 9.17) is 9.47 Å². The van der Waals surface area contributed by atoms with Gasteiger partial charge in [-0.3, -0.25) is 9.59 Å². The minimum atomic E-state index is -0.413. The smallest absolute Gasteiger partial charge is 0.201 e. The molecule has 0 saturated carbocycles. The van der Waals surface area contributed by atoms with Gasteiger partial charge in [-0.25, -0.2) is 0 Å². The second-order valence-electron chi connectivity index (χ2n) is 9.53. The molecule has 0 aliphatic heterocycles. The van der Waals surface area contributed by atoms with Crippen molar-refractivity contribution in [1.29, 1.82) is 0 Å². The van der Waals surface area contributed by atoms with Crippen molar-refractivity contribution < 1.29 is 45.6 Å². The van der Waals surface area contributed by atoms with Crippen LogP contribution in [0.1, 0.15) is 82.9 Å². The molecule has 2 aromatic rings. The van der Waals surface area contributed by atoms with Crippen LogP contribution in [0.5, 0.6) is 17.2 Å². The summed E-state index contributed by atoms with van der Waals surface area (Å²) in [4.78, 5) is 26.6. The van der Waals surface area contributed by atoms with Crippen molar-refractivity contribution in [3.05, 3.63) is 52.1 Å². The van der Waals surface area contributed by atoms with E-state index in [1.54, 1.807) is 24.3 Å². The first kappa shape index (κ1) is 27.9. The van der Waals surface area contributed by atoms with Crippen LogP contribution in [0, 0.1) is 0 Å². The third-order valence-electron chi connectivity index (χ3n) is 6.38. The Labute approximate surface area is 213 Å². The number of carbonyl (C=O) groups is 2. The average molecular weight is 534 g/mol. The Hall–Kier alpha value is -2.38. The Kier molecular flexibility index (Phi) is 9.71. The van der Waals surface area contributed by atoms with Crippen LogP contribution in [-0.2, 0) is 6.54 Å². The van der Waals surface area contributed by atoms with Crippen molar-refractivity contribution in [2.75, 3.05) is 34.9 Å². The summed E-state index contributed by atoms with van der Waals surface area (Å²) in [5, 5.41) is 10.8.